The summed E-state index contributed by atoms with van der Waals surface area (Å²) in [5.41, 5.74) is 6.11. The molecule has 0 aromatic heterocycles. The van der Waals surface area contributed by atoms with Crippen LogP contribution in [0.25, 0.3) is 0 Å². The van der Waals surface area contributed by atoms with E-state index < -0.39 is 5.82 Å². The molecular formula is C15H14BrF2NO. The fourth-order valence-electron chi connectivity index (χ4n) is 1.82. The summed E-state index contributed by atoms with van der Waals surface area (Å²) >= 11 is 3.07. The van der Waals surface area contributed by atoms with Crippen LogP contribution in [0.2, 0.25) is 0 Å². The molecule has 5 heteroatoms. The van der Waals surface area contributed by atoms with Crippen LogP contribution in [0.3, 0.4) is 0 Å². The smallest absolute Gasteiger partial charge is 0.141 e. The standard InChI is InChI=1S/C15H14BrF2NO/c1-9(19)7-11-13(17)3-2-4-15(11)20-10-5-6-12(16)14(18)8-10/h2-6,8-9H,7,19H2,1H3. The van der Waals surface area contributed by atoms with E-state index in [-0.39, 0.29) is 11.9 Å². The maximum Gasteiger partial charge on any atom is 0.141 e. The normalized spacial score (nSPS) is 12.2. The molecule has 0 saturated heterocycles. The predicted octanol–water partition coefficient (Wildman–Crippen LogP) is 4.41. The van der Waals surface area contributed by atoms with E-state index in [2.05, 4.69) is 15.9 Å². The SMILES string of the molecule is CC(N)Cc1c(F)cccc1Oc1ccc(Br)c(F)c1. The molecule has 0 bridgehead atoms. The summed E-state index contributed by atoms with van der Waals surface area (Å²) in [5, 5.41) is 0. The summed E-state index contributed by atoms with van der Waals surface area (Å²) in [6.45, 7) is 1.79. The topological polar surface area (TPSA) is 35.2 Å². The molecule has 1 unspecified atom stereocenters. The highest BCUT2D eigenvalue weighted by Crippen LogP contribution is 2.30. The van der Waals surface area contributed by atoms with Gasteiger partial charge >= 0.3 is 0 Å². The van der Waals surface area contributed by atoms with Gasteiger partial charge in [0, 0.05) is 17.7 Å². The van der Waals surface area contributed by atoms with Crippen LogP contribution in [0.1, 0.15) is 12.5 Å². The Morgan fingerprint density at radius 1 is 1.20 bits per heavy atom. The molecular weight excluding hydrogens is 328 g/mol. The fourth-order valence-corrected chi connectivity index (χ4v) is 2.07. The maximum absolute atomic E-state index is 13.8. The Hall–Kier alpha value is -1.46. The highest BCUT2D eigenvalue weighted by atomic mass is 79.9. The quantitative estimate of drug-likeness (QED) is 0.893. The van der Waals surface area contributed by atoms with E-state index in [4.69, 9.17) is 10.5 Å². The van der Waals surface area contributed by atoms with Gasteiger partial charge in [-0.05, 0) is 53.5 Å². The Morgan fingerprint density at radius 2 is 1.95 bits per heavy atom. The molecule has 106 valence electrons. The predicted molar refractivity (Wildman–Crippen MR) is 77.9 cm³/mol. The molecule has 0 heterocycles. The summed E-state index contributed by atoms with van der Waals surface area (Å²) in [5.74, 6) is -0.156. The Labute approximate surface area is 124 Å². The van der Waals surface area contributed by atoms with E-state index in [1.54, 1.807) is 25.1 Å². The lowest BCUT2D eigenvalue weighted by atomic mass is 10.1. The summed E-state index contributed by atoms with van der Waals surface area (Å²) in [4.78, 5) is 0. The van der Waals surface area contributed by atoms with Gasteiger partial charge in [0.05, 0.1) is 4.47 Å². The first-order valence-corrected chi connectivity index (χ1v) is 6.92. The molecule has 0 radical (unpaired) electrons. The molecule has 2 rings (SSSR count). The molecule has 0 aliphatic carbocycles. The second kappa shape index (κ2) is 6.33. The number of benzene rings is 2. The van der Waals surface area contributed by atoms with Crippen LogP contribution in [0.4, 0.5) is 8.78 Å². The van der Waals surface area contributed by atoms with Crippen molar-refractivity contribution in [3.63, 3.8) is 0 Å². The molecule has 0 spiro atoms. The van der Waals surface area contributed by atoms with Gasteiger partial charge in [-0.15, -0.1) is 0 Å². The van der Waals surface area contributed by atoms with Crippen molar-refractivity contribution in [1.29, 1.82) is 0 Å². The molecule has 0 amide bonds. The number of rotatable bonds is 4. The highest BCUT2D eigenvalue weighted by molar-refractivity contribution is 9.10. The van der Waals surface area contributed by atoms with Crippen LogP contribution in [0, 0.1) is 11.6 Å². The van der Waals surface area contributed by atoms with Crippen molar-refractivity contribution >= 4 is 15.9 Å². The van der Waals surface area contributed by atoms with E-state index in [0.717, 1.165) is 0 Å². The Kier molecular flexibility index (Phi) is 4.73. The van der Waals surface area contributed by atoms with Crippen LogP contribution < -0.4 is 10.5 Å². The van der Waals surface area contributed by atoms with E-state index in [1.807, 2.05) is 0 Å². The van der Waals surface area contributed by atoms with Crippen molar-refractivity contribution in [2.24, 2.45) is 5.73 Å². The van der Waals surface area contributed by atoms with Crippen molar-refractivity contribution in [3.05, 3.63) is 58.1 Å². The van der Waals surface area contributed by atoms with Crippen molar-refractivity contribution in [1.82, 2.24) is 0 Å². The van der Waals surface area contributed by atoms with Gasteiger partial charge in [0.2, 0.25) is 0 Å². The maximum atomic E-state index is 13.8. The number of nitrogens with two attached hydrogens (primary N) is 1. The molecule has 0 fully saturated rings. The van der Waals surface area contributed by atoms with Crippen LogP contribution in [0.15, 0.2) is 40.9 Å². The molecule has 20 heavy (non-hydrogen) atoms. The Bertz CT molecular complexity index is 617. The monoisotopic (exact) mass is 341 g/mol. The zero-order valence-corrected chi connectivity index (χ0v) is 12.5. The van der Waals surface area contributed by atoms with E-state index >= 15 is 0 Å². The lowest BCUT2D eigenvalue weighted by molar-refractivity contribution is 0.459. The summed E-state index contributed by atoms with van der Waals surface area (Å²) < 4.78 is 33.2. The zero-order valence-electron chi connectivity index (χ0n) is 10.9. The fraction of sp³-hybridized carbons (Fsp3) is 0.200. The third-order valence-corrected chi connectivity index (χ3v) is 3.36. The molecule has 0 aliphatic rings. The number of halogens is 3. The van der Waals surface area contributed by atoms with Crippen LogP contribution >= 0.6 is 15.9 Å². The van der Waals surface area contributed by atoms with Gasteiger partial charge < -0.3 is 10.5 Å². The van der Waals surface area contributed by atoms with Crippen molar-refractivity contribution in [3.8, 4) is 11.5 Å². The molecule has 1 atom stereocenters. The largest absolute Gasteiger partial charge is 0.457 e. The first-order valence-electron chi connectivity index (χ1n) is 6.13. The van der Waals surface area contributed by atoms with Crippen molar-refractivity contribution in [2.75, 3.05) is 0 Å². The lowest BCUT2D eigenvalue weighted by Crippen LogP contribution is -2.19. The average molecular weight is 342 g/mol. The molecule has 2 aromatic carbocycles. The lowest BCUT2D eigenvalue weighted by Gasteiger charge is -2.14. The van der Waals surface area contributed by atoms with Crippen molar-refractivity contribution < 1.29 is 13.5 Å². The van der Waals surface area contributed by atoms with Gasteiger partial charge in [-0.3, -0.25) is 0 Å². The minimum Gasteiger partial charge on any atom is -0.457 e. The first kappa shape index (κ1) is 14.9. The minimum atomic E-state index is -0.437. The average Bonchev–Trinajstić information content (AvgIpc) is 2.38. The van der Waals surface area contributed by atoms with E-state index in [0.29, 0.717) is 28.0 Å². The number of hydrogen-bond donors (Lipinski definition) is 1. The molecule has 2 nitrogen and oxygen atoms in total. The zero-order chi connectivity index (χ0) is 14.7. The highest BCUT2D eigenvalue weighted by Gasteiger charge is 2.13. The van der Waals surface area contributed by atoms with Gasteiger partial charge in [-0.1, -0.05) is 6.07 Å². The minimum absolute atomic E-state index is 0.198. The Balaban J connectivity index is 2.32. The number of ether oxygens (including phenoxy) is 1. The summed E-state index contributed by atoms with van der Waals surface area (Å²) in [6, 6.07) is 8.72. The van der Waals surface area contributed by atoms with Crippen LogP contribution in [-0.4, -0.2) is 6.04 Å². The van der Waals surface area contributed by atoms with E-state index in [9.17, 15) is 8.78 Å². The van der Waals surface area contributed by atoms with Gasteiger partial charge in [-0.2, -0.15) is 0 Å². The summed E-state index contributed by atoms with van der Waals surface area (Å²) in [6.07, 6.45) is 0.348. The van der Waals surface area contributed by atoms with E-state index in [1.165, 1.54) is 18.2 Å². The Morgan fingerprint density at radius 3 is 2.60 bits per heavy atom. The van der Waals surface area contributed by atoms with Crippen LogP contribution in [-0.2, 0) is 6.42 Å². The van der Waals surface area contributed by atoms with Gasteiger partial charge in [0.15, 0.2) is 0 Å². The third-order valence-electron chi connectivity index (χ3n) is 2.72. The van der Waals surface area contributed by atoms with Crippen LogP contribution in [0.5, 0.6) is 11.5 Å². The second-order valence-corrected chi connectivity index (χ2v) is 5.43. The molecule has 0 aliphatic heterocycles. The van der Waals surface area contributed by atoms with Gasteiger partial charge in [0.1, 0.15) is 23.1 Å². The molecule has 0 saturated carbocycles. The molecule has 2 N–H and O–H groups in total. The second-order valence-electron chi connectivity index (χ2n) is 4.58. The first-order chi connectivity index (χ1) is 9.47. The summed E-state index contributed by atoms with van der Waals surface area (Å²) in [7, 11) is 0. The van der Waals surface area contributed by atoms with Gasteiger partial charge in [-0.25, -0.2) is 8.78 Å². The van der Waals surface area contributed by atoms with Gasteiger partial charge in [0.25, 0.3) is 0 Å². The molecule has 2 aromatic rings. The third kappa shape index (κ3) is 3.55. The van der Waals surface area contributed by atoms with Crippen molar-refractivity contribution in [2.45, 2.75) is 19.4 Å². The number of hydrogen-bond acceptors (Lipinski definition) is 2.